The molecule has 0 bridgehead atoms. The molecule has 1 heterocycles. The quantitative estimate of drug-likeness (QED) is 0.698. The lowest BCUT2D eigenvalue weighted by Crippen LogP contribution is -2.51. The Balaban J connectivity index is 2.17. The third kappa shape index (κ3) is 3.48. The van der Waals surface area contributed by atoms with Crippen LogP contribution in [0.25, 0.3) is 0 Å². The molecule has 0 unspecified atom stereocenters. The Morgan fingerprint density at radius 1 is 1.32 bits per heavy atom. The number of halogens is 1. The number of hydrogen-bond donors (Lipinski definition) is 0. The van der Waals surface area contributed by atoms with Crippen LogP contribution in [-0.4, -0.2) is 48.9 Å². The minimum absolute atomic E-state index is 0.0566. The Labute approximate surface area is 129 Å². The number of allylic oxidation sites excluding steroid dienone is 2. The van der Waals surface area contributed by atoms with Gasteiger partial charge in [0.2, 0.25) is 0 Å². The van der Waals surface area contributed by atoms with Gasteiger partial charge in [-0.25, -0.2) is 9.18 Å². The van der Waals surface area contributed by atoms with Gasteiger partial charge in [0, 0.05) is 12.5 Å². The topological polar surface area (TPSA) is 55.8 Å². The van der Waals surface area contributed by atoms with Gasteiger partial charge >= 0.3 is 12.1 Å². The van der Waals surface area contributed by atoms with Gasteiger partial charge in [-0.1, -0.05) is 18.2 Å². The summed E-state index contributed by atoms with van der Waals surface area (Å²) in [6.45, 7) is 5.46. The largest absolute Gasteiger partial charge is 0.469 e. The highest BCUT2D eigenvalue weighted by Crippen LogP contribution is 2.35. The van der Waals surface area contributed by atoms with E-state index in [0.29, 0.717) is 5.57 Å². The van der Waals surface area contributed by atoms with Gasteiger partial charge in [0.15, 0.2) is 0 Å². The second-order valence-corrected chi connectivity index (χ2v) is 6.56. The van der Waals surface area contributed by atoms with Gasteiger partial charge in [0.1, 0.15) is 11.8 Å². The number of alkyl halides is 1. The van der Waals surface area contributed by atoms with E-state index in [1.807, 2.05) is 0 Å². The number of esters is 1. The van der Waals surface area contributed by atoms with Crippen LogP contribution < -0.4 is 0 Å². The molecule has 0 aromatic rings. The minimum atomic E-state index is -1.30. The Morgan fingerprint density at radius 3 is 2.59 bits per heavy atom. The maximum Gasteiger partial charge on any atom is 0.410 e. The van der Waals surface area contributed by atoms with Crippen molar-refractivity contribution in [2.45, 2.75) is 32.5 Å². The van der Waals surface area contributed by atoms with Crippen LogP contribution in [0.2, 0.25) is 0 Å². The molecule has 2 rings (SSSR count). The fraction of sp³-hybridized carbons (Fsp3) is 0.625. The van der Waals surface area contributed by atoms with E-state index in [2.05, 4.69) is 0 Å². The second-order valence-electron chi connectivity index (χ2n) is 6.56. The molecule has 0 aromatic heterocycles. The first kappa shape index (κ1) is 16.5. The van der Waals surface area contributed by atoms with Crippen molar-refractivity contribution < 1.29 is 23.5 Å². The summed E-state index contributed by atoms with van der Waals surface area (Å²) in [5, 5.41) is 0. The standard InChI is InChI=1S/C16H22FNO4/c1-16(2,3)22-15(20)18-8-12-10(13(17)9-18)6-5-7-11(12)14(19)21-4/h5-7,11-13H,8-9H2,1-4H3/t11-,12+,13+/m1/s1. The first-order valence-electron chi connectivity index (χ1n) is 7.31. The normalized spacial score (nSPS) is 27.8. The van der Waals surface area contributed by atoms with Crippen molar-refractivity contribution in [2.24, 2.45) is 11.8 Å². The molecule has 3 atom stereocenters. The van der Waals surface area contributed by atoms with Crippen molar-refractivity contribution in [3.05, 3.63) is 23.8 Å². The molecule has 1 saturated heterocycles. The van der Waals surface area contributed by atoms with Crippen LogP contribution in [0.15, 0.2) is 23.8 Å². The number of piperidine rings is 1. The molecule has 1 aliphatic heterocycles. The average Bonchev–Trinajstić information content (AvgIpc) is 2.44. The van der Waals surface area contributed by atoms with Gasteiger partial charge in [-0.3, -0.25) is 4.79 Å². The SMILES string of the molecule is COC(=O)[C@@H]1C=CC=C2[C@@H](F)CN(C(=O)OC(C)(C)C)C[C@@H]21. The molecule has 2 aliphatic rings. The number of likely N-dealkylation sites (tertiary alicyclic amines) is 1. The maximum atomic E-state index is 14.4. The van der Waals surface area contributed by atoms with Crippen LogP contribution in [0.4, 0.5) is 9.18 Å². The van der Waals surface area contributed by atoms with E-state index in [9.17, 15) is 14.0 Å². The highest BCUT2D eigenvalue weighted by molar-refractivity contribution is 5.76. The highest BCUT2D eigenvalue weighted by Gasteiger charge is 2.42. The van der Waals surface area contributed by atoms with Crippen molar-refractivity contribution in [3.63, 3.8) is 0 Å². The predicted octanol–water partition coefficient (Wildman–Crippen LogP) is 2.48. The molecule has 22 heavy (non-hydrogen) atoms. The van der Waals surface area contributed by atoms with E-state index in [1.54, 1.807) is 39.0 Å². The molecule has 1 aliphatic carbocycles. The summed E-state index contributed by atoms with van der Waals surface area (Å²) in [4.78, 5) is 25.4. The van der Waals surface area contributed by atoms with Crippen LogP contribution in [-0.2, 0) is 14.3 Å². The van der Waals surface area contributed by atoms with Crippen molar-refractivity contribution >= 4 is 12.1 Å². The number of carbonyl (C=O) groups excluding carboxylic acids is 2. The monoisotopic (exact) mass is 311 g/mol. The lowest BCUT2D eigenvalue weighted by Gasteiger charge is -2.40. The number of rotatable bonds is 1. The van der Waals surface area contributed by atoms with Gasteiger partial charge in [-0.05, 0) is 26.3 Å². The zero-order valence-electron chi connectivity index (χ0n) is 13.3. The molecule has 0 saturated carbocycles. The number of carbonyl (C=O) groups is 2. The van der Waals surface area contributed by atoms with E-state index < -0.39 is 35.7 Å². The van der Waals surface area contributed by atoms with Crippen LogP contribution in [0.5, 0.6) is 0 Å². The zero-order chi connectivity index (χ0) is 16.5. The molecule has 0 N–H and O–H groups in total. The third-order valence-corrected chi connectivity index (χ3v) is 3.75. The minimum Gasteiger partial charge on any atom is -0.469 e. The van der Waals surface area contributed by atoms with E-state index in [1.165, 1.54) is 12.0 Å². The lowest BCUT2D eigenvalue weighted by atomic mass is 9.77. The van der Waals surface area contributed by atoms with Gasteiger partial charge in [-0.2, -0.15) is 0 Å². The number of nitrogens with zero attached hydrogens (tertiary/aromatic N) is 1. The summed E-state index contributed by atoms with van der Waals surface area (Å²) in [5.41, 5.74) is -0.106. The van der Waals surface area contributed by atoms with E-state index in [0.717, 1.165) is 0 Å². The fourth-order valence-electron chi connectivity index (χ4n) is 2.77. The molecule has 122 valence electrons. The molecular weight excluding hydrogens is 289 g/mol. The molecular formula is C16H22FNO4. The molecule has 1 fully saturated rings. The fourth-order valence-corrected chi connectivity index (χ4v) is 2.77. The Hall–Kier alpha value is -1.85. The molecule has 0 radical (unpaired) electrons. The number of hydrogen-bond acceptors (Lipinski definition) is 4. The van der Waals surface area contributed by atoms with Crippen LogP contribution >= 0.6 is 0 Å². The predicted molar refractivity (Wildman–Crippen MR) is 78.9 cm³/mol. The van der Waals surface area contributed by atoms with E-state index in [4.69, 9.17) is 9.47 Å². The Morgan fingerprint density at radius 2 is 2.00 bits per heavy atom. The second kappa shape index (κ2) is 6.10. The lowest BCUT2D eigenvalue weighted by molar-refractivity contribution is -0.145. The number of fused-ring (bicyclic) bond motifs is 1. The highest BCUT2D eigenvalue weighted by atomic mass is 19.1. The van der Waals surface area contributed by atoms with E-state index in [-0.39, 0.29) is 13.1 Å². The van der Waals surface area contributed by atoms with Crippen molar-refractivity contribution in [1.29, 1.82) is 0 Å². The number of ether oxygens (including phenoxy) is 2. The molecule has 0 aromatic carbocycles. The maximum absolute atomic E-state index is 14.4. The van der Waals surface area contributed by atoms with Crippen molar-refractivity contribution in [2.75, 3.05) is 20.2 Å². The summed E-state index contributed by atoms with van der Waals surface area (Å²) in [7, 11) is 1.30. The third-order valence-electron chi connectivity index (χ3n) is 3.75. The Kier molecular flexibility index (Phi) is 4.58. The zero-order valence-corrected chi connectivity index (χ0v) is 13.3. The van der Waals surface area contributed by atoms with Gasteiger partial charge in [0.25, 0.3) is 0 Å². The van der Waals surface area contributed by atoms with Crippen LogP contribution in [0.1, 0.15) is 20.8 Å². The van der Waals surface area contributed by atoms with Crippen molar-refractivity contribution in [3.8, 4) is 0 Å². The summed E-state index contributed by atoms with van der Waals surface area (Å²) in [6.07, 6.45) is 3.17. The summed E-state index contributed by atoms with van der Waals surface area (Å²) >= 11 is 0. The van der Waals surface area contributed by atoms with Crippen LogP contribution in [0.3, 0.4) is 0 Å². The van der Waals surface area contributed by atoms with Gasteiger partial charge in [0.05, 0.1) is 19.6 Å². The van der Waals surface area contributed by atoms with Crippen molar-refractivity contribution in [1.82, 2.24) is 4.90 Å². The van der Waals surface area contributed by atoms with Gasteiger partial charge < -0.3 is 14.4 Å². The first-order valence-corrected chi connectivity index (χ1v) is 7.31. The molecule has 0 spiro atoms. The summed E-state index contributed by atoms with van der Waals surface area (Å²) in [6, 6.07) is 0. The summed E-state index contributed by atoms with van der Waals surface area (Å²) < 4.78 is 24.5. The van der Waals surface area contributed by atoms with Crippen LogP contribution in [0, 0.1) is 11.8 Å². The van der Waals surface area contributed by atoms with E-state index >= 15 is 0 Å². The number of methoxy groups -OCH3 is 1. The average molecular weight is 311 g/mol. The summed E-state index contributed by atoms with van der Waals surface area (Å²) in [5.74, 6) is -1.41. The molecule has 5 nitrogen and oxygen atoms in total. The first-order chi connectivity index (χ1) is 10.2. The van der Waals surface area contributed by atoms with Gasteiger partial charge in [-0.15, -0.1) is 0 Å². The Bertz CT molecular complexity index is 521. The molecule has 1 amide bonds. The smallest absolute Gasteiger partial charge is 0.410 e. The molecule has 6 heteroatoms. The number of amides is 1.